The van der Waals surface area contributed by atoms with Crippen molar-refractivity contribution < 1.29 is 0 Å². The molecule has 2 rings (SSSR count). The van der Waals surface area contributed by atoms with Crippen molar-refractivity contribution in [3.05, 3.63) is 23.9 Å². The fraction of sp³-hybridized carbons (Fsp3) is 0.545. The Kier molecular flexibility index (Phi) is 2.39. The second-order valence-corrected chi connectivity index (χ2v) is 19.3. The molecule has 0 bridgehead atoms. The van der Waals surface area contributed by atoms with Crippen LogP contribution in [0.15, 0.2) is 18.3 Å². The van der Waals surface area contributed by atoms with Crippen LogP contribution >= 0.6 is 0 Å². The molecule has 0 unspecified atom stereocenters. The first-order valence-electron chi connectivity index (χ1n) is 5.04. The summed E-state index contributed by atoms with van der Waals surface area (Å²) in [6.07, 6.45) is 4.86. The molecule has 2 heteroatoms. The topological polar surface area (TPSA) is 12.9 Å². The van der Waals surface area contributed by atoms with Crippen molar-refractivity contribution >= 4 is 22.1 Å². The van der Waals surface area contributed by atoms with Crippen molar-refractivity contribution in [1.82, 2.24) is 4.98 Å². The molecule has 1 saturated carbocycles. The molecule has 1 nitrogen and oxygen atoms in total. The van der Waals surface area contributed by atoms with Crippen LogP contribution in [0.4, 0.5) is 0 Å². The van der Waals surface area contributed by atoms with Gasteiger partial charge in [0.05, 0.1) is 0 Å². The molecule has 0 aromatic carbocycles. The summed E-state index contributed by atoms with van der Waals surface area (Å²) in [5, 5.41) is 0. The van der Waals surface area contributed by atoms with Crippen molar-refractivity contribution in [2.75, 3.05) is 0 Å². The Labute approximate surface area is 84.5 Å². The number of rotatable bonds is 2. The first-order chi connectivity index (χ1) is 6.07. The Morgan fingerprint density at radius 2 is 1.92 bits per heavy atom. The molecule has 1 aromatic rings. The monoisotopic (exact) mass is 283 g/mol. The first kappa shape index (κ1) is 9.50. The van der Waals surface area contributed by atoms with E-state index in [2.05, 4.69) is 38.1 Å². The molecule has 1 heterocycles. The fourth-order valence-electron chi connectivity index (χ4n) is 1.51. The maximum atomic E-state index is 4.60. The average Bonchev–Trinajstić information content (AvgIpc) is 2.85. The third kappa shape index (κ3) is 2.25. The minimum absolute atomic E-state index is 0.844. The van der Waals surface area contributed by atoms with E-state index in [0.29, 0.717) is 0 Å². The molecule has 0 saturated heterocycles. The van der Waals surface area contributed by atoms with E-state index in [1.165, 1.54) is 22.1 Å². The van der Waals surface area contributed by atoms with Gasteiger partial charge in [-0.05, 0) is 0 Å². The van der Waals surface area contributed by atoms with Crippen LogP contribution in [-0.4, -0.2) is 23.4 Å². The van der Waals surface area contributed by atoms with Gasteiger partial charge in [-0.1, -0.05) is 0 Å². The minimum atomic E-state index is -1.88. The Morgan fingerprint density at radius 1 is 1.23 bits per heavy atom. The van der Waals surface area contributed by atoms with Gasteiger partial charge in [0.1, 0.15) is 0 Å². The Balaban J connectivity index is 2.22. The van der Waals surface area contributed by atoms with Gasteiger partial charge in [-0.25, -0.2) is 0 Å². The summed E-state index contributed by atoms with van der Waals surface area (Å²) in [5.41, 5.74) is 1.46. The van der Waals surface area contributed by atoms with Crippen LogP contribution in [-0.2, 0) is 0 Å². The van der Waals surface area contributed by atoms with Gasteiger partial charge in [-0.2, -0.15) is 0 Å². The molecule has 1 aliphatic rings. The molecule has 70 valence electrons. The van der Waals surface area contributed by atoms with E-state index in [1.807, 2.05) is 0 Å². The molecule has 1 fully saturated rings. The molecule has 1 aliphatic carbocycles. The van der Waals surface area contributed by atoms with Gasteiger partial charge in [0.2, 0.25) is 0 Å². The summed E-state index contributed by atoms with van der Waals surface area (Å²) in [4.78, 5) is 11.8. The normalized spacial score (nSPS) is 17.5. The van der Waals surface area contributed by atoms with E-state index in [9.17, 15) is 0 Å². The predicted octanol–water partition coefficient (Wildman–Crippen LogP) is 2.50. The maximum absolute atomic E-state index is 4.60. The summed E-state index contributed by atoms with van der Waals surface area (Å²) in [6.45, 7) is 0. The van der Waals surface area contributed by atoms with Crippen molar-refractivity contribution in [3.8, 4) is 0 Å². The fourth-order valence-corrected chi connectivity index (χ4v) is 4.46. The summed E-state index contributed by atoms with van der Waals surface area (Å²) >= 11 is -1.88. The summed E-state index contributed by atoms with van der Waals surface area (Å²) in [6, 6.07) is 4.56. The number of aromatic nitrogens is 1. The molecule has 0 atom stereocenters. The van der Waals surface area contributed by atoms with Gasteiger partial charge in [0, 0.05) is 0 Å². The quantitative estimate of drug-likeness (QED) is 0.759. The zero-order valence-electron chi connectivity index (χ0n) is 8.67. The Hall–Kier alpha value is -0.0513. The summed E-state index contributed by atoms with van der Waals surface area (Å²) in [7, 11) is 0. The van der Waals surface area contributed by atoms with E-state index in [-0.39, 0.29) is 0 Å². The molecule has 0 amide bonds. The van der Waals surface area contributed by atoms with Crippen LogP contribution < -0.4 is 3.71 Å². The molecular weight excluding hydrogens is 265 g/mol. The van der Waals surface area contributed by atoms with E-state index >= 15 is 0 Å². The van der Waals surface area contributed by atoms with Crippen molar-refractivity contribution in [2.24, 2.45) is 0 Å². The van der Waals surface area contributed by atoms with Crippen molar-refractivity contribution in [3.63, 3.8) is 0 Å². The number of hydrogen-bond acceptors (Lipinski definition) is 1. The second-order valence-electron chi connectivity index (χ2n) is 5.00. The zero-order valence-corrected chi connectivity index (χ0v) is 11.5. The van der Waals surface area contributed by atoms with Crippen LogP contribution in [0.3, 0.4) is 0 Å². The first-order valence-corrected chi connectivity index (χ1v) is 15.0. The van der Waals surface area contributed by atoms with E-state index in [0.717, 1.165) is 5.92 Å². The zero-order chi connectivity index (χ0) is 9.47. The molecular formula is C11H17NSn. The van der Waals surface area contributed by atoms with Crippen LogP contribution in [0.1, 0.15) is 24.3 Å². The predicted molar refractivity (Wildman–Crippen MR) is 59.2 cm³/mol. The SMILES string of the molecule is [CH3][Sn]([CH3])([CH3])[c]1ccc(C2CC2)cn1. The summed E-state index contributed by atoms with van der Waals surface area (Å²) in [5.74, 6) is 0.844. The Morgan fingerprint density at radius 3 is 2.31 bits per heavy atom. The average molecular weight is 282 g/mol. The van der Waals surface area contributed by atoms with Crippen molar-refractivity contribution in [2.45, 2.75) is 33.6 Å². The number of nitrogens with zero attached hydrogens (tertiary/aromatic N) is 1. The van der Waals surface area contributed by atoms with Crippen LogP contribution in [0.25, 0.3) is 0 Å². The van der Waals surface area contributed by atoms with Gasteiger partial charge in [0.15, 0.2) is 0 Å². The van der Waals surface area contributed by atoms with Gasteiger partial charge < -0.3 is 0 Å². The molecule has 0 radical (unpaired) electrons. The van der Waals surface area contributed by atoms with Crippen LogP contribution in [0.5, 0.6) is 0 Å². The number of hydrogen-bond donors (Lipinski definition) is 0. The van der Waals surface area contributed by atoms with Gasteiger partial charge in [0.25, 0.3) is 0 Å². The van der Waals surface area contributed by atoms with Gasteiger partial charge in [-0.3, -0.25) is 0 Å². The van der Waals surface area contributed by atoms with E-state index in [4.69, 9.17) is 0 Å². The van der Waals surface area contributed by atoms with Gasteiger partial charge in [-0.15, -0.1) is 0 Å². The molecule has 0 N–H and O–H groups in total. The Bertz CT molecular complexity index is 293. The molecule has 0 spiro atoms. The van der Waals surface area contributed by atoms with Crippen LogP contribution in [0, 0.1) is 0 Å². The van der Waals surface area contributed by atoms with E-state index in [1.54, 1.807) is 0 Å². The van der Waals surface area contributed by atoms with Crippen LogP contribution in [0.2, 0.25) is 14.8 Å². The third-order valence-corrected chi connectivity index (χ3v) is 7.83. The molecule has 1 aromatic heterocycles. The van der Waals surface area contributed by atoms with Crippen molar-refractivity contribution in [1.29, 1.82) is 0 Å². The molecule has 13 heavy (non-hydrogen) atoms. The standard InChI is InChI=1S/C8H8N.3CH3.Sn/c1-2-8(6-9-5-1)7-3-4-7;;;;/h1-2,6-7H,3-4H2;3*1H3;. The molecule has 0 aliphatic heterocycles. The second kappa shape index (κ2) is 3.26. The number of pyridine rings is 1. The summed E-state index contributed by atoms with van der Waals surface area (Å²) < 4.78 is 1.40. The third-order valence-electron chi connectivity index (χ3n) is 2.60. The van der Waals surface area contributed by atoms with Gasteiger partial charge >= 0.3 is 84.5 Å². The van der Waals surface area contributed by atoms with E-state index < -0.39 is 18.4 Å².